The molecule has 0 aromatic carbocycles. The van der Waals surface area contributed by atoms with Crippen molar-refractivity contribution in [1.29, 1.82) is 0 Å². The Hall–Kier alpha value is -2.19. The molecule has 0 aliphatic rings. The average molecular weight is 215 g/mol. The number of esters is 1. The van der Waals surface area contributed by atoms with Gasteiger partial charge in [0.1, 0.15) is 6.42 Å². The topological polar surface area (TPSA) is 123 Å². The van der Waals surface area contributed by atoms with Crippen molar-refractivity contribution >= 4 is 11.9 Å². The van der Waals surface area contributed by atoms with E-state index in [0.29, 0.717) is 0 Å². The van der Waals surface area contributed by atoms with Crippen LogP contribution in [0.3, 0.4) is 0 Å². The predicted octanol–water partition coefficient (Wildman–Crippen LogP) is -0.486. The Morgan fingerprint density at radius 1 is 1.73 bits per heavy atom. The zero-order valence-electron chi connectivity index (χ0n) is 7.89. The molecule has 82 valence electrons. The van der Waals surface area contributed by atoms with Crippen molar-refractivity contribution in [3.05, 3.63) is 15.9 Å². The first-order valence-corrected chi connectivity index (χ1v) is 4.09. The van der Waals surface area contributed by atoms with Gasteiger partial charge in [0.2, 0.25) is 0 Å². The number of anilines is 1. The molecule has 9 heteroatoms. The second-order valence-corrected chi connectivity index (χ2v) is 2.45. The molecule has 0 aliphatic carbocycles. The summed E-state index contributed by atoms with van der Waals surface area (Å²) in [5.74, 6) is -0.471. The highest BCUT2D eigenvalue weighted by atomic mass is 16.7. The van der Waals surface area contributed by atoms with Gasteiger partial charge in [0, 0.05) is 0 Å². The van der Waals surface area contributed by atoms with Crippen molar-refractivity contribution in [2.45, 2.75) is 13.3 Å². The van der Waals surface area contributed by atoms with E-state index in [1.807, 2.05) is 0 Å². The largest absolute Gasteiger partial charge is 0.466 e. The van der Waals surface area contributed by atoms with Crippen molar-refractivity contribution in [3.63, 3.8) is 0 Å². The Bertz CT molecular complexity index is 362. The molecule has 9 nitrogen and oxygen atoms in total. The number of rotatable bonds is 5. The summed E-state index contributed by atoms with van der Waals surface area (Å²) < 4.78 is 4.65. The van der Waals surface area contributed by atoms with Crippen LogP contribution in [0.15, 0.2) is 0 Å². The first-order chi connectivity index (χ1) is 7.11. The molecule has 2 N–H and O–H groups in total. The van der Waals surface area contributed by atoms with Crippen LogP contribution in [-0.4, -0.2) is 32.8 Å². The third-order valence-electron chi connectivity index (χ3n) is 1.34. The molecule has 0 aliphatic heterocycles. The molecular weight excluding hydrogens is 206 g/mol. The molecule has 0 unspecified atom stereocenters. The molecule has 0 spiro atoms. The molecule has 15 heavy (non-hydrogen) atoms. The summed E-state index contributed by atoms with van der Waals surface area (Å²) in [6.07, 6.45) is -0.121. The lowest BCUT2D eigenvalue weighted by Gasteiger charge is -1.96. The number of hydrazine groups is 1. The van der Waals surface area contributed by atoms with Crippen LogP contribution in [0.5, 0.6) is 0 Å². The highest BCUT2D eigenvalue weighted by Gasteiger charge is 2.11. The van der Waals surface area contributed by atoms with Crippen molar-refractivity contribution in [3.8, 4) is 0 Å². The summed E-state index contributed by atoms with van der Waals surface area (Å²) in [5.41, 5.74) is 1.77. The van der Waals surface area contributed by atoms with Gasteiger partial charge < -0.3 is 4.74 Å². The van der Waals surface area contributed by atoms with E-state index in [1.54, 1.807) is 12.3 Å². The summed E-state index contributed by atoms with van der Waals surface area (Å²) in [5, 5.41) is 15.1. The molecule has 0 atom stereocenters. The van der Waals surface area contributed by atoms with E-state index in [2.05, 4.69) is 19.9 Å². The lowest BCUT2D eigenvalue weighted by atomic mass is 10.4. The second-order valence-electron chi connectivity index (χ2n) is 2.45. The minimum absolute atomic E-state index is 0.121. The van der Waals surface area contributed by atoms with Crippen molar-refractivity contribution < 1.29 is 14.6 Å². The number of aromatic nitrogens is 3. The van der Waals surface area contributed by atoms with E-state index >= 15 is 0 Å². The van der Waals surface area contributed by atoms with Crippen molar-refractivity contribution in [1.82, 2.24) is 15.2 Å². The fourth-order valence-corrected chi connectivity index (χ4v) is 0.853. The zero-order chi connectivity index (χ0) is 11.3. The van der Waals surface area contributed by atoms with Crippen LogP contribution in [-0.2, 0) is 16.0 Å². The van der Waals surface area contributed by atoms with Gasteiger partial charge in [-0.2, -0.15) is 10.1 Å². The van der Waals surface area contributed by atoms with E-state index in [-0.39, 0.29) is 24.8 Å². The molecule has 1 heterocycles. The molecule has 0 amide bonds. The number of aromatic amines is 1. The number of nitrogens with zero attached hydrogens (tertiary/aromatic N) is 3. The van der Waals surface area contributed by atoms with Gasteiger partial charge in [-0.05, 0) is 6.92 Å². The summed E-state index contributed by atoms with van der Waals surface area (Å²) in [4.78, 5) is 24.6. The normalized spacial score (nSPS) is 9.67. The minimum atomic E-state index is -0.783. The second kappa shape index (κ2) is 4.88. The van der Waals surface area contributed by atoms with Gasteiger partial charge in [-0.25, -0.2) is 15.2 Å². The third-order valence-corrected chi connectivity index (χ3v) is 1.34. The van der Waals surface area contributed by atoms with Gasteiger partial charge in [0.05, 0.1) is 6.61 Å². The van der Waals surface area contributed by atoms with Crippen molar-refractivity contribution in [2.24, 2.45) is 0 Å². The molecule has 1 rings (SSSR count). The van der Waals surface area contributed by atoms with Gasteiger partial charge in [0.25, 0.3) is 5.95 Å². The summed E-state index contributed by atoms with van der Waals surface area (Å²) in [6, 6.07) is 0. The van der Waals surface area contributed by atoms with Gasteiger partial charge >= 0.3 is 5.97 Å². The van der Waals surface area contributed by atoms with Crippen LogP contribution in [0.25, 0.3) is 0 Å². The SMILES string of the molecule is CCOC(=O)Cc1n[nH]c(N[N+](=O)[O-])n1. The molecule has 1 aromatic rings. The summed E-state index contributed by atoms with van der Waals surface area (Å²) in [6.45, 7) is 1.94. The van der Waals surface area contributed by atoms with Crippen LogP contribution in [0, 0.1) is 10.1 Å². The molecular formula is C6H9N5O4. The number of nitro groups is 1. The maximum atomic E-state index is 11.0. The van der Waals surface area contributed by atoms with E-state index in [4.69, 9.17) is 0 Å². The monoisotopic (exact) mass is 215 g/mol. The van der Waals surface area contributed by atoms with Crippen molar-refractivity contribution in [2.75, 3.05) is 12.0 Å². The molecule has 0 saturated carbocycles. The van der Waals surface area contributed by atoms with Crippen LogP contribution >= 0.6 is 0 Å². The maximum Gasteiger partial charge on any atom is 0.313 e. The van der Waals surface area contributed by atoms with E-state index in [1.165, 1.54) is 0 Å². The number of hydrogen-bond acceptors (Lipinski definition) is 6. The standard InChI is InChI=1S/C6H9N5O4/c1-2-15-5(12)3-4-7-6(9-8-4)10-11(13)14/h2-3H2,1H3,(H2,7,8,9,10). The Labute approximate surface area is 84.0 Å². The third kappa shape index (κ3) is 3.58. The van der Waals surface area contributed by atoms with Crippen LogP contribution in [0.1, 0.15) is 12.7 Å². The Morgan fingerprint density at radius 3 is 3.07 bits per heavy atom. The Morgan fingerprint density at radius 2 is 2.47 bits per heavy atom. The number of carbonyl (C=O) groups excluding carboxylic acids is 1. The predicted molar refractivity (Wildman–Crippen MR) is 47.3 cm³/mol. The molecule has 1 aromatic heterocycles. The number of ether oxygens (including phenoxy) is 1. The lowest BCUT2D eigenvalue weighted by molar-refractivity contribution is -0.446. The van der Waals surface area contributed by atoms with Crippen LogP contribution < -0.4 is 5.43 Å². The van der Waals surface area contributed by atoms with Crippen LogP contribution in [0.2, 0.25) is 0 Å². The Kier molecular flexibility index (Phi) is 3.55. The molecule has 0 radical (unpaired) electrons. The summed E-state index contributed by atoms with van der Waals surface area (Å²) in [7, 11) is 0. The lowest BCUT2D eigenvalue weighted by Crippen LogP contribution is -2.10. The minimum Gasteiger partial charge on any atom is -0.466 e. The first-order valence-electron chi connectivity index (χ1n) is 4.09. The van der Waals surface area contributed by atoms with E-state index in [0.717, 1.165) is 0 Å². The number of H-pyrrole nitrogens is 1. The van der Waals surface area contributed by atoms with Gasteiger partial charge in [-0.3, -0.25) is 4.79 Å². The molecule has 0 fully saturated rings. The smallest absolute Gasteiger partial charge is 0.313 e. The fourth-order valence-electron chi connectivity index (χ4n) is 0.853. The number of carbonyl (C=O) groups is 1. The fraction of sp³-hybridized carbons (Fsp3) is 0.500. The highest BCUT2D eigenvalue weighted by molar-refractivity contribution is 5.71. The summed E-state index contributed by atoms with van der Waals surface area (Å²) >= 11 is 0. The van der Waals surface area contributed by atoms with Gasteiger partial charge in [-0.1, -0.05) is 5.43 Å². The van der Waals surface area contributed by atoms with E-state index < -0.39 is 11.0 Å². The van der Waals surface area contributed by atoms with Crippen LogP contribution in [0.4, 0.5) is 5.95 Å². The maximum absolute atomic E-state index is 11.0. The van der Waals surface area contributed by atoms with Gasteiger partial charge in [0.15, 0.2) is 10.9 Å². The van der Waals surface area contributed by atoms with E-state index in [9.17, 15) is 14.9 Å². The molecule has 0 bridgehead atoms. The quantitative estimate of drug-likeness (QED) is 0.386. The van der Waals surface area contributed by atoms with Gasteiger partial charge in [-0.15, -0.1) is 0 Å². The number of hydrogen-bond donors (Lipinski definition) is 2. The average Bonchev–Trinajstić information content (AvgIpc) is 2.51. The molecule has 0 saturated heterocycles. The Balaban J connectivity index is 2.52. The number of nitrogens with one attached hydrogen (secondary N) is 2. The highest BCUT2D eigenvalue weighted by Crippen LogP contribution is 1.99. The zero-order valence-corrected chi connectivity index (χ0v) is 7.89. The first kappa shape index (κ1) is 10.9.